The molecule has 0 unspecified atom stereocenters. The summed E-state index contributed by atoms with van der Waals surface area (Å²) in [5.41, 5.74) is 1.99. The van der Waals surface area contributed by atoms with Crippen LogP contribution in [0.15, 0.2) is 33.7 Å². The second-order valence-corrected chi connectivity index (χ2v) is 3.64. The number of oxazole rings is 1. The molecule has 0 fully saturated rings. The largest absolute Gasteiger partial charge is 0.472 e. The van der Waals surface area contributed by atoms with Gasteiger partial charge in [-0.25, -0.2) is 0 Å². The average Bonchev–Trinajstić information content (AvgIpc) is 2.89. The minimum absolute atomic E-state index is 0.617. The fraction of sp³-hybridized carbons (Fsp3) is 0.364. The van der Waals surface area contributed by atoms with E-state index in [0.717, 1.165) is 17.8 Å². The van der Waals surface area contributed by atoms with Crippen molar-refractivity contribution >= 4 is 6.01 Å². The van der Waals surface area contributed by atoms with Crippen molar-refractivity contribution in [2.24, 2.45) is 0 Å². The second kappa shape index (κ2) is 4.85. The number of rotatable bonds is 5. The molecule has 0 saturated carbocycles. The number of furan rings is 1. The molecule has 2 rings (SSSR count). The van der Waals surface area contributed by atoms with Crippen LogP contribution in [0.5, 0.6) is 0 Å². The summed E-state index contributed by atoms with van der Waals surface area (Å²) in [7, 11) is 3.81. The predicted octanol–water partition coefficient (Wildman–Crippen LogP) is 1.62. The van der Waals surface area contributed by atoms with Gasteiger partial charge in [-0.05, 0) is 13.1 Å². The van der Waals surface area contributed by atoms with Crippen molar-refractivity contribution in [2.45, 2.75) is 13.1 Å². The Hall–Kier alpha value is -1.75. The molecule has 0 radical (unpaired) electrons. The smallest absolute Gasteiger partial charge is 0.297 e. The third kappa shape index (κ3) is 2.43. The van der Waals surface area contributed by atoms with Gasteiger partial charge in [-0.2, -0.15) is 4.98 Å². The number of hydrogen-bond donors (Lipinski definition) is 1. The van der Waals surface area contributed by atoms with Crippen molar-refractivity contribution in [3.05, 3.63) is 36.1 Å². The molecule has 1 N–H and O–H groups in total. The van der Waals surface area contributed by atoms with Crippen LogP contribution in [0.3, 0.4) is 0 Å². The van der Waals surface area contributed by atoms with Crippen LogP contribution in [0.25, 0.3) is 0 Å². The van der Waals surface area contributed by atoms with Crippen molar-refractivity contribution < 1.29 is 8.83 Å². The van der Waals surface area contributed by atoms with Gasteiger partial charge in [0.1, 0.15) is 6.26 Å². The summed E-state index contributed by atoms with van der Waals surface area (Å²) in [6.45, 7) is 1.43. The van der Waals surface area contributed by atoms with E-state index in [1.54, 1.807) is 18.8 Å². The molecule has 86 valence electrons. The fourth-order valence-electron chi connectivity index (χ4n) is 1.46. The van der Waals surface area contributed by atoms with Crippen molar-refractivity contribution in [1.29, 1.82) is 0 Å². The molecule has 0 aliphatic carbocycles. The summed E-state index contributed by atoms with van der Waals surface area (Å²) in [6.07, 6.45) is 5.04. The Morgan fingerprint density at radius 2 is 2.31 bits per heavy atom. The van der Waals surface area contributed by atoms with E-state index in [2.05, 4.69) is 10.3 Å². The van der Waals surface area contributed by atoms with Gasteiger partial charge in [0.25, 0.3) is 6.01 Å². The van der Waals surface area contributed by atoms with E-state index in [1.165, 1.54) is 0 Å². The first-order valence-corrected chi connectivity index (χ1v) is 5.11. The summed E-state index contributed by atoms with van der Waals surface area (Å²) in [4.78, 5) is 6.28. The molecule has 5 heteroatoms. The summed E-state index contributed by atoms with van der Waals surface area (Å²) in [6, 6.07) is 2.54. The highest BCUT2D eigenvalue weighted by atomic mass is 16.4. The van der Waals surface area contributed by atoms with E-state index < -0.39 is 0 Å². The van der Waals surface area contributed by atoms with Crippen LogP contribution in [-0.2, 0) is 13.1 Å². The highest BCUT2D eigenvalue weighted by Crippen LogP contribution is 2.15. The topological polar surface area (TPSA) is 54.4 Å². The van der Waals surface area contributed by atoms with Crippen molar-refractivity contribution in [3.8, 4) is 0 Å². The number of nitrogens with zero attached hydrogens (tertiary/aromatic N) is 2. The molecule has 2 aromatic rings. The van der Waals surface area contributed by atoms with Gasteiger partial charge in [0.2, 0.25) is 0 Å². The van der Waals surface area contributed by atoms with Gasteiger partial charge in [-0.1, -0.05) is 0 Å². The van der Waals surface area contributed by atoms with E-state index in [4.69, 9.17) is 8.83 Å². The molecule has 0 bridgehead atoms. The van der Waals surface area contributed by atoms with Gasteiger partial charge in [0.05, 0.1) is 24.8 Å². The summed E-state index contributed by atoms with van der Waals surface area (Å²) in [5, 5.41) is 3.03. The highest BCUT2D eigenvalue weighted by Gasteiger charge is 2.09. The second-order valence-electron chi connectivity index (χ2n) is 3.64. The number of hydrogen-bond acceptors (Lipinski definition) is 5. The zero-order chi connectivity index (χ0) is 11.4. The Balaban J connectivity index is 2.00. The normalized spacial score (nSPS) is 10.6. The highest BCUT2D eigenvalue weighted by molar-refractivity contribution is 5.27. The molecule has 2 heterocycles. The molecule has 0 amide bonds. The first-order chi connectivity index (χ1) is 7.79. The van der Waals surface area contributed by atoms with Gasteiger partial charge < -0.3 is 19.1 Å². The molecule has 0 atom stereocenters. The van der Waals surface area contributed by atoms with Crippen LogP contribution in [0, 0.1) is 0 Å². The summed E-state index contributed by atoms with van der Waals surface area (Å²) >= 11 is 0. The Bertz CT molecular complexity index is 422. The minimum Gasteiger partial charge on any atom is -0.472 e. The molecule has 0 spiro atoms. The lowest BCUT2D eigenvalue weighted by Crippen LogP contribution is -2.16. The molecule has 0 aliphatic rings. The quantitative estimate of drug-likeness (QED) is 0.831. The summed E-state index contributed by atoms with van der Waals surface area (Å²) < 4.78 is 10.4. The van der Waals surface area contributed by atoms with Crippen molar-refractivity contribution in [3.63, 3.8) is 0 Å². The number of nitrogens with one attached hydrogen (secondary N) is 1. The number of aromatic nitrogens is 1. The Morgan fingerprint density at radius 1 is 1.44 bits per heavy atom. The third-order valence-corrected chi connectivity index (χ3v) is 2.22. The molecule has 0 aromatic carbocycles. The fourth-order valence-corrected chi connectivity index (χ4v) is 1.46. The first-order valence-electron chi connectivity index (χ1n) is 5.11. The Morgan fingerprint density at radius 3 is 3.00 bits per heavy atom. The molecular formula is C11H15N3O2. The van der Waals surface area contributed by atoms with E-state index in [9.17, 15) is 0 Å². The van der Waals surface area contributed by atoms with Crippen LogP contribution < -0.4 is 10.2 Å². The lowest BCUT2D eigenvalue weighted by atomic mass is 10.3. The zero-order valence-electron chi connectivity index (χ0n) is 9.43. The Kier molecular flexibility index (Phi) is 3.26. The van der Waals surface area contributed by atoms with Crippen LogP contribution in [0.1, 0.15) is 11.3 Å². The maximum Gasteiger partial charge on any atom is 0.297 e. The third-order valence-electron chi connectivity index (χ3n) is 2.22. The monoisotopic (exact) mass is 221 g/mol. The van der Waals surface area contributed by atoms with Crippen LogP contribution in [0.2, 0.25) is 0 Å². The van der Waals surface area contributed by atoms with E-state index in [0.29, 0.717) is 12.6 Å². The minimum atomic E-state index is 0.617. The molecular weight excluding hydrogens is 206 g/mol. The molecule has 0 saturated heterocycles. The SMILES string of the molecule is CNCc1coc(N(C)Cc2ccoc2)n1. The predicted molar refractivity (Wildman–Crippen MR) is 60.1 cm³/mol. The average molecular weight is 221 g/mol. The van der Waals surface area contributed by atoms with Gasteiger partial charge in [-0.15, -0.1) is 0 Å². The lowest BCUT2D eigenvalue weighted by molar-refractivity contribution is 0.540. The molecule has 0 aliphatic heterocycles. The van der Waals surface area contributed by atoms with Crippen molar-refractivity contribution in [2.75, 3.05) is 19.0 Å². The van der Waals surface area contributed by atoms with Crippen LogP contribution in [0.4, 0.5) is 6.01 Å². The zero-order valence-corrected chi connectivity index (χ0v) is 9.43. The molecule has 2 aromatic heterocycles. The van der Waals surface area contributed by atoms with Gasteiger partial charge in [0.15, 0.2) is 0 Å². The van der Waals surface area contributed by atoms with E-state index >= 15 is 0 Å². The first kappa shape index (κ1) is 10.8. The van der Waals surface area contributed by atoms with Gasteiger partial charge in [0, 0.05) is 19.2 Å². The van der Waals surface area contributed by atoms with E-state index in [-0.39, 0.29) is 0 Å². The van der Waals surface area contributed by atoms with E-state index in [1.807, 2.05) is 25.1 Å². The number of anilines is 1. The van der Waals surface area contributed by atoms with Crippen LogP contribution >= 0.6 is 0 Å². The lowest BCUT2D eigenvalue weighted by Gasteiger charge is -2.12. The van der Waals surface area contributed by atoms with Gasteiger partial charge >= 0.3 is 0 Å². The molecule has 16 heavy (non-hydrogen) atoms. The maximum absolute atomic E-state index is 5.37. The van der Waals surface area contributed by atoms with Crippen LogP contribution in [-0.4, -0.2) is 19.1 Å². The Labute approximate surface area is 94.1 Å². The van der Waals surface area contributed by atoms with Gasteiger partial charge in [-0.3, -0.25) is 0 Å². The van der Waals surface area contributed by atoms with Crippen molar-refractivity contribution in [1.82, 2.24) is 10.3 Å². The molecule has 5 nitrogen and oxygen atoms in total. The standard InChI is InChI=1S/C11H15N3O2/c1-12-5-10-8-16-11(13-10)14(2)6-9-3-4-15-7-9/h3-4,7-8,12H,5-6H2,1-2H3. The summed E-state index contributed by atoms with van der Waals surface area (Å²) in [5.74, 6) is 0. The maximum atomic E-state index is 5.37.